The Balaban J connectivity index is 1.35. The van der Waals surface area contributed by atoms with Crippen molar-refractivity contribution in [2.75, 3.05) is 52.9 Å². The second kappa shape index (κ2) is 10.8. The SMILES string of the molecule is CC(CC1CCN(C(=O)OC(C)(C)C)C12CCN(C)CC2)N1CCC2(CCN(C(=O)OC(C)(C)C)C2)CC1. The van der Waals surface area contributed by atoms with Crippen LogP contribution < -0.4 is 0 Å². The molecule has 4 aliphatic rings. The highest BCUT2D eigenvalue weighted by Gasteiger charge is 2.53. The number of hydrogen-bond acceptors (Lipinski definition) is 6. The summed E-state index contributed by atoms with van der Waals surface area (Å²) in [6.07, 6.45) is 7.32. The molecule has 4 aliphatic heterocycles. The van der Waals surface area contributed by atoms with Gasteiger partial charge in [0.25, 0.3) is 0 Å². The van der Waals surface area contributed by atoms with E-state index in [1.54, 1.807) is 0 Å². The molecule has 4 fully saturated rings. The second-order valence-corrected chi connectivity index (χ2v) is 14.8. The van der Waals surface area contributed by atoms with Gasteiger partial charge in [-0.3, -0.25) is 0 Å². The molecule has 8 heteroatoms. The van der Waals surface area contributed by atoms with Crippen LogP contribution in [0, 0.1) is 11.3 Å². The third kappa shape index (κ3) is 6.60. The molecule has 4 rings (SSSR count). The van der Waals surface area contributed by atoms with E-state index in [1.807, 2.05) is 46.4 Å². The molecule has 4 saturated heterocycles. The summed E-state index contributed by atoms with van der Waals surface area (Å²) in [6, 6.07) is 0.482. The fraction of sp³-hybridized carbons (Fsp3) is 0.933. The van der Waals surface area contributed by atoms with Crippen LogP contribution in [0.15, 0.2) is 0 Å². The van der Waals surface area contributed by atoms with Crippen molar-refractivity contribution in [3.05, 3.63) is 0 Å². The standard InChI is InChI=1S/C30H54N4O4/c1-23(32-18-10-29(11-19-32)12-20-33(22-29)25(35)37-27(2,3)4)21-24-9-15-34(26(36)38-28(5,6)7)30(24)13-16-31(8)17-14-30/h23-24H,9-22H2,1-8H3. The number of ether oxygens (including phenoxy) is 2. The first-order chi connectivity index (χ1) is 17.6. The highest BCUT2D eigenvalue weighted by Crippen LogP contribution is 2.47. The van der Waals surface area contributed by atoms with Gasteiger partial charge in [-0.1, -0.05) is 0 Å². The van der Waals surface area contributed by atoms with Gasteiger partial charge < -0.3 is 29.1 Å². The molecule has 38 heavy (non-hydrogen) atoms. The zero-order chi connectivity index (χ0) is 27.9. The third-order valence-corrected chi connectivity index (χ3v) is 9.66. The summed E-state index contributed by atoms with van der Waals surface area (Å²) >= 11 is 0. The minimum Gasteiger partial charge on any atom is -0.444 e. The Bertz CT molecular complexity index is 847. The predicted molar refractivity (Wildman–Crippen MR) is 150 cm³/mol. The molecular formula is C30H54N4O4. The van der Waals surface area contributed by atoms with E-state index in [2.05, 4.69) is 28.7 Å². The van der Waals surface area contributed by atoms with Crippen LogP contribution in [0.5, 0.6) is 0 Å². The summed E-state index contributed by atoms with van der Waals surface area (Å²) in [6.45, 7) is 20.7. The Morgan fingerprint density at radius 3 is 1.95 bits per heavy atom. The van der Waals surface area contributed by atoms with E-state index in [-0.39, 0.29) is 23.1 Å². The Morgan fingerprint density at radius 1 is 0.816 bits per heavy atom. The fourth-order valence-electron chi connectivity index (χ4n) is 7.43. The van der Waals surface area contributed by atoms with Crippen molar-refractivity contribution in [1.82, 2.24) is 19.6 Å². The van der Waals surface area contributed by atoms with Gasteiger partial charge >= 0.3 is 12.2 Å². The summed E-state index contributed by atoms with van der Waals surface area (Å²) in [5, 5.41) is 0. The van der Waals surface area contributed by atoms with E-state index in [0.29, 0.717) is 12.0 Å². The van der Waals surface area contributed by atoms with E-state index in [0.717, 1.165) is 90.8 Å². The molecule has 8 nitrogen and oxygen atoms in total. The Kier molecular flexibility index (Phi) is 8.36. The van der Waals surface area contributed by atoms with Crippen LogP contribution >= 0.6 is 0 Å². The zero-order valence-corrected chi connectivity index (χ0v) is 25.5. The molecule has 0 bridgehead atoms. The maximum absolute atomic E-state index is 13.3. The van der Waals surface area contributed by atoms with Crippen LogP contribution in [0.1, 0.15) is 93.4 Å². The van der Waals surface area contributed by atoms with E-state index < -0.39 is 11.2 Å². The molecule has 2 amide bonds. The lowest BCUT2D eigenvalue weighted by molar-refractivity contribution is -0.0199. The number of hydrogen-bond donors (Lipinski definition) is 0. The van der Waals surface area contributed by atoms with Gasteiger partial charge in [0, 0.05) is 38.8 Å². The minimum absolute atomic E-state index is 0.0838. The smallest absolute Gasteiger partial charge is 0.410 e. The summed E-state index contributed by atoms with van der Waals surface area (Å²) in [4.78, 5) is 35.0. The van der Waals surface area contributed by atoms with E-state index >= 15 is 0 Å². The first kappa shape index (κ1) is 29.4. The lowest BCUT2D eigenvalue weighted by Gasteiger charge is -2.49. The van der Waals surface area contributed by atoms with Crippen molar-refractivity contribution in [2.24, 2.45) is 11.3 Å². The van der Waals surface area contributed by atoms with E-state index in [9.17, 15) is 9.59 Å². The minimum atomic E-state index is -0.474. The van der Waals surface area contributed by atoms with E-state index in [4.69, 9.17) is 9.47 Å². The molecular weight excluding hydrogens is 480 g/mol. The first-order valence-corrected chi connectivity index (χ1v) is 15.0. The quantitative estimate of drug-likeness (QED) is 0.495. The molecule has 0 N–H and O–H groups in total. The zero-order valence-electron chi connectivity index (χ0n) is 25.5. The third-order valence-electron chi connectivity index (χ3n) is 9.66. The molecule has 0 aromatic rings. The number of carbonyl (C=O) groups is 2. The topological polar surface area (TPSA) is 65.6 Å². The van der Waals surface area contributed by atoms with Gasteiger partial charge in [0.05, 0.1) is 5.54 Å². The van der Waals surface area contributed by atoms with Crippen molar-refractivity contribution >= 4 is 12.2 Å². The maximum atomic E-state index is 13.3. The Labute approximate surface area is 231 Å². The van der Waals surface area contributed by atoms with Gasteiger partial charge in [0.2, 0.25) is 0 Å². The second-order valence-electron chi connectivity index (χ2n) is 14.8. The average Bonchev–Trinajstić information content (AvgIpc) is 3.36. The molecule has 0 saturated carbocycles. The largest absolute Gasteiger partial charge is 0.444 e. The number of nitrogens with zero attached hydrogens (tertiary/aromatic N) is 4. The van der Waals surface area contributed by atoms with Crippen molar-refractivity contribution in [2.45, 2.75) is 116 Å². The summed E-state index contributed by atoms with van der Waals surface area (Å²) < 4.78 is 11.5. The van der Waals surface area contributed by atoms with Gasteiger partial charge in [-0.25, -0.2) is 9.59 Å². The Morgan fingerprint density at radius 2 is 1.37 bits per heavy atom. The van der Waals surface area contributed by atoms with Crippen LogP contribution in [0.3, 0.4) is 0 Å². The summed E-state index contributed by atoms with van der Waals surface area (Å²) in [5.41, 5.74) is -0.767. The highest BCUT2D eigenvalue weighted by molar-refractivity contribution is 5.70. The molecule has 0 aliphatic carbocycles. The molecule has 4 heterocycles. The van der Waals surface area contributed by atoms with Crippen molar-refractivity contribution in [1.29, 1.82) is 0 Å². The molecule has 0 aromatic heterocycles. The highest BCUT2D eigenvalue weighted by atomic mass is 16.6. The maximum Gasteiger partial charge on any atom is 0.410 e. The van der Waals surface area contributed by atoms with Crippen LogP contribution in [0.25, 0.3) is 0 Å². The fourth-order valence-corrected chi connectivity index (χ4v) is 7.43. The van der Waals surface area contributed by atoms with Crippen molar-refractivity contribution in [3.63, 3.8) is 0 Å². The normalized spacial score (nSPS) is 27.2. The number of rotatable bonds is 3. The molecule has 218 valence electrons. The summed E-state index contributed by atoms with van der Waals surface area (Å²) in [7, 11) is 2.19. The monoisotopic (exact) mass is 534 g/mol. The van der Waals surface area contributed by atoms with Gasteiger partial charge in [-0.2, -0.15) is 0 Å². The molecule has 2 atom stereocenters. The van der Waals surface area contributed by atoms with Crippen LogP contribution in [-0.4, -0.2) is 107 Å². The van der Waals surface area contributed by atoms with Crippen molar-refractivity contribution < 1.29 is 19.1 Å². The number of carbonyl (C=O) groups excluding carboxylic acids is 2. The average molecular weight is 535 g/mol. The first-order valence-electron chi connectivity index (χ1n) is 15.0. The number of amides is 2. The van der Waals surface area contributed by atoms with Crippen LogP contribution in [0.2, 0.25) is 0 Å². The number of likely N-dealkylation sites (tertiary alicyclic amines) is 4. The lowest BCUT2D eigenvalue weighted by Crippen LogP contribution is -2.58. The van der Waals surface area contributed by atoms with Crippen molar-refractivity contribution in [3.8, 4) is 0 Å². The molecule has 0 aromatic carbocycles. The summed E-state index contributed by atoms with van der Waals surface area (Å²) in [5.74, 6) is 0.503. The van der Waals surface area contributed by atoms with Gasteiger partial charge in [0.1, 0.15) is 11.2 Å². The lowest BCUT2D eigenvalue weighted by atomic mass is 9.73. The molecule has 0 radical (unpaired) electrons. The van der Waals surface area contributed by atoms with Gasteiger partial charge in [0.15, 0.2) is 0 Å². The van der Waals surface area contributed by atoms with Gasteiger partial charge in [-0.15, -0.1) is 0 Å². The van der Waals surface area contributed by atoms with E-state index in [1.165, 1.54) is 0 Å². The Hall–Kier alpha value is -1.54. The van der Waals surface area contributed by atoms with Crippen LogP contribution in [0.4, 0.5) is 9.59 Å². The number of piperidine rings is 2. The van der Waals surface area contributed by atoms with Crippen LogP contribution in [-0.2, 0) is 9.47 Å². The predicted octanol–water partition coefficient (Wildman–Crippen LogP) is 5.21. The molecule has 2 unspecified atom stereocenters. The molecule has 2 spiro atoms. The van der Waals surface area contributed by atoms with Gasteiger partial charge in [-0.05, 0) is 125 Å².